The van der Waals surface area contributed by atoms with Gasteiger partial charge in [-0.3, -0.25) is 14.6 Å². The minimum absolute atomic E-state index is 0.0335. The minimum atomic E-state index is -4.87. The number of para-hydroxylation sites is 1. The highest BCUT2D eigenvalue weighted by atomic mass is 19.3. The molecule has 0 atom stereocenters. The Morgan fingerprint density at radius 3 is 2.42 bits per heavy atom. The average Bonchev–Trinajstić information content (AvgIpc) is 2.83. The van der Waals surface area contributed by atoms with Crippen molar-refractivity contribution in [2.75, 3.05) is 17.7 Å². The first-order chi connectivity index (χ1) is 17.1. The van der Waals surface area contributed by atoms with Crippen molar-refractivity contribution in [2.45, 2.75) is 25.2 Å². The number of carbonyl (C=O) groups is 2. The number of fused-ring (bicyclic) bond motifs is 1. The lowest BCUT2D eigenvalue weighted by Gasteiger charge is -2.31. The molecule has 1 aliphatic rings. The Balaban J connectivity index is 1.46. The van der Waals surface area contributed by atoms with Gasteiger partial charge < -0.3 is 25.4 Å². The normalized spacial score (nSPS) is 15.0. The summed E-state index contributed by atoms with van der Waals surface area (Å²) in [5.41, 5.74) is 2.16. The molecular weight excluding hydrogens is 484 g/mol. The van der Waals surface area contributed by atoms with Crippen LogP contribution in [-0.2, 0) is 17.8 Å². The molecule has 2 amide bonds. The van der Waals surface area contributed by atoms with E-state index in [2.05, 4.69) is 30.4 Å². The highest BCUT2D eigenvalue weighted by Crippen LogP contribution is 2.47. The minimum Gasteiger partial charge on any atom is -0.421 e. The zero-order valence-electron chi connectivity index (χ0n) is 18.8. The van der Waals surface area contributed by atoms with Gasteiger partial charge in [-0.15, -0.1) is 0 Å². The molecule has 0 fully saturated rings. The zero-order valence-corrected chi connectivity index (χ0v) is 18.8. The standard InChI is InChI=1S/C24H20F4N4O4/c1-29-21(33)12-16-10-14(8-9-30-16)13-31-18-5-3-2-4-17(18)22(34)32-15-6-7-19-20(11-15)36-24(27,28)23(25,26)35-19/h2-11,31H,12-13H2,1H3,(H,29,33)(H,32,34). The molecule has 0 radical (unpaired) electrons. The number of alkyl halides is 4. The Bertz CT molecular complexity index is 1300. The van der Waals surface area contributed by atoms with Crippen LogP contribution in [0.2, 0.25) is 0 Å². The number of halogens is 4. The highest BCUT2D eigenvalue weighted by Gasteiger charge is 2.65. The maximum Gasteiger partial charge on any atom is 0.507 e. The van der Waals surface area contributed by atoms with E-state index < -0.39 is 29.6 Å². The number of rotatable bonds is 7. The first-order valence-electron chi connectivity index (χ1n) is 10.6. The molecule has 2 heterocycles. The number of likely N-dealkylation sites (N-methyl/N-ethyl adjacent to an activating group) is 1. The molecule has 0 unspecified atom stereocenters. The smallest absolute Gasteiger partial charge is 0.421 e. The number of nitrogens with zero attached hydrogens (tertiary/aromatic N) is 1. The molecule has 3 N–H and O–H groups in total. The van der Waals surface area contributed by atoms with E-state index in [0.29, 0.717) is 17.9 Å². The second-order valence-electron chi connectivity index (χ2n) is 7.76. The first kappa shape index (κ1) is 24.8. The molecule has 8 nitrogen and oxygen atoms in total. The third-order valence-corrected chi connectivity index (χ3v) is 5.17. The fourth-order valence-electron chi connectivity index (χ4n) is 3.36. The van der Waals surface area contributed by atoms with Crippen molar-refractivity contribution >= 4 is 23.2 Å². The predicted molar refractivity (Wildman–Crippen MR) is 121 cm³/mol. The van der Waals surface area contributed by atoms with Crippen LogP contribution in [-0.4, -0.2) is 36.1 Å². The molecule has 0 bridgehead atoms. The van der Waals surface area contributed by atoms with Gasteiger partial charge in [-0.2, -0.15) is 17.6 Å². The van der Waals surface area contributed by atoms with Crippen LogP contribution in [0.3, 0.4) is 0 Å². The number of pyridine rings is 1. The second kappa shape index (κ2) is 9.72. The zero-order chi connectivity index (χ0) is 25.9. The van der Waals surface area contributed by atoms with Crippen LogP contribution in [0.5, 0.6) is 11.5 Å². The van der Waals surface area contributed by atoms with E-state index in [1.165, 1.54) is 13.1 Å². The van der Waals surface area contributed by atoms with Gasteiger partial charge in [-0.1, -0.05) is 12.1 Å². The summed E-state index contributed by atoms with van der Waals surface area (Å²) in [6.45, 7) is 0.320. The number of aromatic nitrogens is 1. The van der Waals surface area contributed by atoms with Gasteiger partial charge in [0.25, 0.3) is 5.91 Å². The summed E-state index contributed by atoms with van der Waals surface area (Å²) >= 11 is 0. The lowest BCUT2D eigenvalue weighted by atomic mass is 10.1. The number of benzene rings is 2. The van der Waals surface area contributed by atoms with Crippen molar-refractivity contribution in [1.82, 2.24) is 10.3 Å². The van der Waals surface area contributed by atoms with E-state index in [1.807, 2.05) is 0 Å². The van der Waals surface area contributed by atoms with Crippen LogP contribution in [0, 0.1) is 0 Å². The van der Waals surface area contributed by atoms with Crippen molar-refractivity contribution < 1.29 is 36.6 Å². The van der Waals surface area contributed by atoms with Gasteiger partial charge in [0, 0.05) is 42.9 Å². The van der Waals surface area contributed by atoms with Gasteiger partial charge in [-0.05, 0) is 42.0 Å². The first-order valence-corrected chi connectivity index (χ1v) is 10.6. The lowest BCUT2D eigenvalue weighted by Crippen LogP contribution is -2.52. The third-order valence-electron chi connectivity index (χ3n) is 5.17. The van der Waals surface area contributed by atoms with Crippen LogP contribution in [0.1, 0.15) is 21.6 Å². The van der Waals surface area contributed by atoms with E-state index in [1.54, 1.807) is 42.6 Å². The van der Waals surface area contributed by atoms with E-state index in [4.69, 9.17) is 0 Å². The van der Waals surface area contributed by atoms with Crippen LogP contribution >= 0.6 is 0 Å². The monoisotopic (exact) mass is 504 g/mol. The molecule has 3 aromatic rings. The number of nitrogens with one attached hydrogen (secondary N) is 3. The molecule has 1 aliphatic heterocycles. The summed E-state index contributed by atoms with van der Waals surface area (Å²) in [4.78, 5) is 28.7. The number of ether oxygens (including phenoxy) is 2. The molecule has 2 aromatic carbocycles. The predicted octanol–water partition coefficient (Wildman–Crippen LogP) is 4.19. The van der Waals surface area contributed by atoms with Crippen molar-refractivity contribution in [2.24, 2.45) is 0 Å². The summed E-state index contributed by atoms with van der Waals surface area (Å²) in [6.07, 6.45) is -7.99. The Morgan fingerprint density at radius 1 is 0.944 bits per heavy atom. The van der Waals surface area contributed by atoms with Crippen molar-refractivity contribution in [3.8, 4) is 11.5 Å². The second-order valence-corrected chi connectivity index (χ2v) is 7.76. The lowest BCUT2D eigenvalue weighted by molar-refractivity contribution is -0.391. The molecule has 36 heavy (non-hydrogen) atoms. The summed E-state index contributed by atoms with van der Waals surface area (Å²) in [5, 5.41) is 8.21. The Morgan fingerprint density at radius 2 is 1.67 bits per heavy atom. The highest BCUT2D eigenvalue weighted by molar-refractivity contribution is 6.08. The van der Waals surface area contributed by atoms with Gasteiger partial charge in [0.05, 0.1) is 12.0 Å². The van der Waals surface area contributed by atoms with Crippen LogP contribution < -0.4 is 25.4 Å². The van der Waals surface area contributed by atoms with Gasteiger partial charge in [0.15, 0.2) is 11.5 Å². The van der Waals surface area contributed by atoms with Crippen molar-refractivity contribution in [3.63, 3.8) is 0 Å². The maximum atomic E-state index is 13.5. The van der Waals surface area contributed by atoms with Crippen molar-refractivity contribution in [3.05, 3.63) is 77.6 Å². The summed E-state index contributed by atoms with van der Waals surface area (Å²) < 4.78 is 61.8. The average molecular weight is 504 g/mol. The molecular formula is C24H20F4N4O4. The molecule has 0 saturated carbocycles. The van der Waals surface area contributed by atoms with Crippen LogP contribution in [0.15, 0.2) is 60.8 Å². The molecule has 4 rings (SSSR count). The number of hydrogen-bond acceptors (Lipinski definition) is 6. The molecule has 0 aliphatic carbocycles. The topological polar surface area (TPSA) is 102 Å². The number of carbonyl (C=O) groups excluding carboxylic acids is 2. The molecule has 0 saturated heterocycles. The largest absolute Gasteiger partial charge is 0.507 e. The summed E-state index contributed by atoms with van der Waals surface area (Å²) in [6, 6.07) is 13.3. The van der Waals surface area contributed by atoms with Gasteiger partial charge >= 0.3 is 12.2 Å². The van der Waals surface area contributed by atoms with E-state index in [0.717, 1.165) is 17.7 Å². The number of hydrogen-bond donors (Lipinski definition) is 3. The van der Waals surface area contributed by atoms with Crippen LogP contribution in [0.25, 0.3) is 0 Å². The van der Waals surface area contributed by atoms with E-state index in [-0.39, 0.29) is 23.6 Å². The maximum absolute atomic E-state index is 13.5. The van der Waals surface area contributed by atoms with Crippen molar-refractivity contribution in [1.29, 1.82) is 0 Å². The van der Waals surface area contributed by atoms with E-state index >= 15 is 0 Å². The molecule has 188 valence electrons. The summed E-state index contributed by atoms with van der Waals surface area (Å²) in [7, 11) is 1.54. The van der Waals surface area contributed by atoms with E-state index in [9.17, 15) is 27.2 Å². The van der Waals surface area contributed by atoms with Gasteiger partial charge in [-0.25, -0.2) is 0 Å². The van der Waals surface area contributed by atoms with Crippen LogP contribution in [0.4, 0.5) is 28.9 Å². The fourth-order valence-corrected chi connectivity index (χ4v) is 3.36. The summed E-state index contributed by atoms with van der Waals surface area (Å²) in [5.74, 6) is -1.98. The quantitative estimate of drug-likeness (QED) is 0.417. The number of anilines is 2. The third kappa shape index (κ3) is 5.32. The van der Waals surface area contributed by atoms with Gasteiger partial charge in [0.1, 0.15) is 0 Å². The Kier molecular flexibility index (Phi) is 6.69. The molecule has 1 aromatic heterocycles. The Labute approximate surface area is 202 Å². The molecule has 12 heteroatoms. The number of amides is 2. The molecule has 0 spiro atoms. The Hall–Kier alpha value is -4.35. The van der Waals surface area contributed by atoms with Gasteiger partial charge in [0.2, 0.25) is 5.91 Å². The SMILES string of the molecule is CNC(=O)Cc1cc(CNc2ccccc2C(=O)Nc2ccc3c(c2)OC(F)(F)C(F)(F)O3)ccn1. The fraction of sp³-hybridized carbons (Fsp3) is 0.208.